The highest BCUT2D eigenvalue weighted by Crippen LogP contribution is 2.24. The summed E-state index contributed by atoms with van der Waals surface area (Å²) in [6, 6.07) is -1.83. The van der Waals surface area contributed by atoms with Crippen molar-refractivity contribution < 1.29 is 22.7 Å². The lowest BCUT2D eigenvalue weighted by atomic mass is 10.3. The minimum atomic E-state index is -4.42. The Morgan fingerprint density at radius 2 is 1.80 bits per heavy atom. The molecule has 1 amide bonds. The summed E-state index contributed by atoms with van der Waals surface area (Å²) in [6.45, 7) is 5.55. The van der Waals surface area contributed by atoms with Crippen LogP contribution in [0.3, 0.4) is 0 Å². The molecule has 1 unspecified atom stereocenters. The average molecular weight is 227 g/mol. The van der Waals surface area contributed by atoms with Gasteiger partial charge >= 0.3 is 12.3 Å². The second kappa shape index (κ2) is 5.23. The molecule has 1 atom stereocenters. The molecule has 3 nitrogen and oxygen atoms in total. The number of alkyl halides is 3. The zero-order valence-corrected chi connectivity index (χ0v) is 9.26. The number of ether oxygens (including phenoxy) is 1. The largest absolute Gasteiger partial charge is 0.447 e. The summed E-state index contributed by atoms with van der Waals surface area (Å²) in [5.41, 5.74) is 0. The van der Waals surface area contributed by atoms with Crippen LogP contribution >= 0.6 is 0 Å². The van der Waals surface area contributed by atoms with Gasteiger partial charge in [0.05, 0.1) is 6.10 Å². The van der Waals surface area contributed by atoms with Crippen LogP contribution in [0.25, 0.3) is 0 Å². The van der Waals surface area contributed by atoms with Gasteiger partial charge in [-0.1, -0.05) is 0 Å². The Kier molecular flexibility index (Phi) is 4.90. The van der Waals surface area contributed by atoms with Crippen LogP contribution in [0.5, 0.6) is 0 Å². The molecule has 0 spiro atoms. The fourth-order valence-corrected chi connectivity index (χ4v) is 1.01. The second-order valence-electron chi connectivity index (χ2n) is 3.44. The van der Waals surface area contributed by atoms with Crippen LogP contribution < -0.4 is 0 Å². The predicted molar refractivity (Wildman–Crippen MR) is 49.5 cm³/mol. The molecule has 6 heteroatoms. The minimum absolute atomic E-state index is 0.0355. The zero-order chi connectivity index (χ0) is 12.2. The average Bonchev–Trinajstić information content (AvgIpc) is 2.01. The van der Waals surface area contributed by atoms with E-state index in [0.717, 1.165) is 6.92 Å². The number of amides is 1. The molecule has 0 aliphatic heterocycles. The van der Waals surface area contributed by atoms with E-state index in [0.29, 0.717) is 4.90 Å². The van der Waals surface area contributed by atoms with Gasteiger partial charge < -0.3 is 4.74 Å². The highest BCUT2D eigenvalue weighted by molar-refractivity contribution is 5.68. The van der Waals surface area contributed by atoms with Crippen LogP contribution in [0.1, 0.15) is 27.7 Å². The Labute approximate surface area is 87.2 Å². The van der Waals surface area contributed by atoms with Gasteiger partial charge in [-0.15, -0.1) is 0 Å². The summed E-state index contributed by atoms with van der Waals surface area (Å²) in [5.74, 6) is 0. The maximum absolute atomic E-state index is 12.3. The summed E-state index contributed by atoms with van der Waals surface area (Å²) < 4.78 is 41.7. The predicted octanol–water partition coefficient (Wildman–Crippen LogP) is 2.80. The van der Waals surface area contributed by atoms with Crippen molar-refractivity contribution in [1.29, 1.82) is 0 Å². The van der Waals surface area contributed by atoms with E-state index in [1.807, 2.05) is 0 Å². The number of rotatable bonds is 3. The quantitative estimate of drug-likeness (QED) is 0.742. The Bertz CT molecular complexity index is 216. The molecular weight excluding hydrogens is 211 g/mol. The Morgan fingerprint density at radius 3 is 2.07 bits per heavy atom. The molecule has 0 aromatic carbocycles. The maximum atomic E-state index is 12.3. The van der Waals surface area contributed by atoms with E-state index in [2.05, 4.69) is 0 Å². The maximum Gasteiger partial charge on any atom is 0.410 e. The molecule has 0 fully saturated rings. The van der Waals surface area contributed by atoms with E-state index < -0.39 is 24.4 Å². The number of carbonyl (C=O) groups is 1. The third-order valence-electron chi connectivity index (χ3n) is 1.85. The third-order valence-corrected chi connectivity index (χ3v) is 1.85. The molecule has 15 heavy (non-hydrogen) atoms. The monoisotopic (exact) mass is 227 g/mol. The molecule has 0 aliphatic carbocycles. The molecule has 0 aromatic heterocycles. The molecule has 0 saturated heterocycles. The molecule has 90 valence electrons. The number of halogens is 3. The second-order valence-corrected chi connectivity index (χ2v) is 3.44. The van der Waals surface area contributed by atoms with Gasteiger partial charge in [0.2, 0.25) is 0 Å². The van der Waals surface area contributed by atoms with E-state index in [9.17, 15) is 18.0 Å². The normalized spacial score (nSPS) is 13.9. The molecule has 0 radical (unpaired) electrons. The van der Waals surface area contributed by atoms with E-state index >= 15 is 0 Å². The van der Waals surface area contributed by atoms with E-state index in [4.69, 9.17) is 4.74 Å². The van der Waals surface area contributed by atoms with Crippen molar-refractivity contribution in [3.63, 3.8) is 0 Å². The van der Waals surface area contributed by atoms with Gasteiger partial charge in [-0.05, 0) is 27.7 Å². The van der Waals surface area contributed by atoms with E-state index in [1.54, 1.807) is 13.8 Å². The van der Waals surface area contributed by atoms with Gasteiger partial charge in [0.1, 0.15) is 6.04 Å². The summed E-state index contributed by atoms with van der Waals surface area (Å²) >= 11 is 0. The lowest BCUT2D eigenvalue weighted by Crippen LogP contribution is -2.47. The van der Waals surface area contributed by atoms with Crippen molar-refractivity contribution in [1.82, 2.24) is 4.90 Å². The van der Waals surface area contributed by atoms with Crippen molar-refractivity contribution >= 4 is 6.09 Å². The summed E-state index contributed by atoms with van der Waals surface area (Å²) in [4.78, 5) is 11.9. The molecule has 0 heterocycles. The number of nitrogens with zero attached hydrogens (tertiary/aromatic N) is 1. The Hall–Kier alpha value is -0.940. The van der Waals surface area contributed by atoms with Crippen LogP contribution in [-0.2, 0) is 4.74 Å². The van der Waals surface area contributed by atoms with Crippen LogP contribution in [0, 0.1) is 0 Å². The molecule has 0 saturated carbocycles. The molecule has 0 aliphatic rings. The SMILES string of the molecule is CCN(C(=O)OC(C)C)C(C)C(F)(F)F. The Morgan fingerprint density at radius 1 is 1.33 bits per heavy atom. The molecular formula is C9H16F3NO2. The molecule has 0 rings (SSSR count). The number of carbonyl (C=O) groups excluding carboxylic acids is 1. The van der Waals surface area contributed by atoms with Crippen LogP contribution in [0.2, 0.25) is 0 Å². The first-order chi connectivity index (χ1) is 6.70. The van der Waals surface area contributed by atoms with Gasteiger partial charge in [0, 0.05) is 6.54 Å². The summed E-state index contributed by atoms with van der Waals surface area (Å²) in [6.07, 6.45) is -5.78. The van der Waals surface area contributed by atoms with Crippen LogP contribution in [0.4, 0.5) is 18.0 Å². The number of hydrogen-bond donors (Lipinski definition) is 0. The minimum Gasteiger partial charge on any atom is -0.447 e. The fraction of sp³-hybridized carbons (Fsp3) is 0.889. The fourth-order valence-electron chi connectivity index (χ4n) is 1.01. The van der Waals surface area contributed by atoms with Crippen molar-refractivity contribution in [2.75, 3.05) is 6.54 Å². The van der Waals surface area contributed by atoms with Gasteiger partial charge in [-0.25, -0.2) is 4.79 Å². The lowest BCUT2D eigenvalue weighted by molar-refractivity contribution is -0.174. The van der Waals surface area contributed by atoms with Gasteiger partial charge in [0.25, 0.3) is 0 Å². The Balaban J connectivity index is 4.55. The highest BCUT2D eigenvalue weighted by Gasteiger charge is 2.42. The van der Waals surface area contributed by atoms with E-state index in [-0.39, 0.29) is 6.54 Å². The van der Waals surface area contributed by atoms with Gasteiger partial charge in [-0.3, -0.25) is 4.90 Å². The first kappa shape index (κ1) is 14.1. The standard InChI is InChI=1S/C9H16F3NO2/c1-5-13(7(4)9(10,11)12)8(14)15-6(2)3/h6-7H,5H2,1-4H3. The van der Waals surface area contributed by atoms with Crippen LogP contribution in [-0.4, -0.2) is 35.9 Å². The van der Waals surface area contributed by atoms with Crippen molar-refractivity contribution in [3.8, 4) is 0 Å². The topological polar surface area (TPSA) is 29.5 Å². The smallest absolute Gasteiger partial charge is 0.410 e. The van der Waals surface area contributed by atoms with E-state index in [1.165, 1.54) is 6.92 Å². The van der Waals surface area contributed by atoms with Crippen molar-refractivity contribution in [2.24, 2.45) is 0 Å². The third kappa shape index (κ3) is 4.40. The van der Waals surface area contributed by atoms with Gasteiger partial charge in [0.15, 0.2) is 0 Å². The molecule has 0 bridgehead atoms. The zero-order valence-electron chi connectivity index (χ0n) is 9.26. The first-order valence-corrected chi connectivity index (χ1v) is 4.74. The van der Waals surface area contributed by atoms with Crippen molar-refractivity contribution in [2.45, 2.75) is 46.0 Å². The lowest BCUT2D eigenvalue weighted by Gasteiger charge is -2.29. The first-order valence-electron chi connectivity index (χ1n) is 4.74. The van der Waals surface area contributed by atoms with Gasteiger partial charge in [-0.2, -0.15) is 13.2 Å². The number of hydrogen-bond acceptors (Lipinski definition) is 2. The summed E-state index contributed by atoms with van der Waals surface area (Å²) in [5, 5.41) is 0. The summed E-state index contributed by atoms with van der Waals surface area (Å²) in [7, 11) is 0. The van der Waals surface area contributed by atoms with Crippen LogP contribution in [0.15, 0.2) is 0 Å². The van der Waals surface area contributed by atoms with Crippen molar-refractivity contribution in [3.05, 3.63) is 0 Å². The molecule has 0 aromatic rings. The molecule has 0 N–H and O–H groups in total. The highest BCUT2D eigenvalue weighted by atomic mass is 19.4.